The van der Waals surface area contributed by atoms with Gasteiger partial charge in [-0.15, -0.1) is 0 Å². The van der Waals surface area contributed by atoms with Gasteiger partial charge in [-0.25, -0.2) is 0 Å². The fraction of sp³-hybridized carbons (Fsp3) is 0. The Morgan fingerprint density at radius 3 is 2.44 bits per heavy atom. The van der Waals surface area contributed by atoms with Gasteiger partial charge in [0.05, 0.1) is 5.69 Å². The van der Waals surface area contributed by atoms with Crippen molar-refractivity contribution in [3.8, 4) is 0 Å². The van der Waals surface area contributed by atoms with Crippen molar-refractivity contribution in [3.63, 3.8) is 0 Å². The van der Waals surface area contributed by atoms with Crippen molar-refractivity contribution in [3.05, 3.63) is 22.5 Å². The predicted molar refractivity (Wildman–Crippen MR) is 35.9 cm³/mol. The van der Waals surface area contributed by atoms with Crippen LogP contribution in [0.5, 0.6) is 0 Å². The summed E-state index contributed by atoms with van der Waals surface area (Å²) in [5, 5.41) is 0. The Morgan fingerprint density at radius 1 is 1.33 bits per heavy atom. The van der Waals surface area contributed by atoms with Crippen molar-refractivity contribution in [2.75, 3.05) is 11.5 Å². The third kappa shape index (κ3) is 1.02. The van der Waals surface area contributed by atoms with E-state index < -0.39 is 0 Å². The quantitative estimate of drug-likeness (QED) is 0.438. The van der Waals surface area contributed by atoms with Crippen LogP contribution in [0.2, 0.25) is 0 Å². The number of rotatable bonds is 0. The number of pyridine rings is 1. The molecular weight excluding hydrogens is 118 g/mol. The lowest BCUT2D eigenvalue weighted by Gasteiger charge is -1.94. The van der Waals surface area contributed by atoms with Crippen molar-refractivity contribution < 1.29 is 0 Å². The van der Waals surface area contributed by atoms with Gasteiger partial charge in [-0.3, -0.25) is 4.79 Å². The molecule has 1 aromatic rings. The zero-order valence-corrected chi connectivity index (χ0v) is 4.72. The monoisotopic (exact) mass is 125 g/mol. The minimum atomic E-state index is -0.235. The molecule has 0 fully saturated rings. The minimum Gasteiger partial charge on any atom is -0.396 e. The first-order chi connectivity index (χ1) is 4.20. The zero-order chi connectivity index (χ0) is 6.85. The first-order valence-corrected chi connectivity index (χ1v) is 2.44. The molecule has 1 aromatic heterocycles. The third-order valence-corrected chi connectivity index (χ3v) is 0.983. The zero-order valence-electron chi connectivity index (χ0n) is 4.72. The summed E-state index contributed by atoms with van der Waals surface area (Å²) in [6.07, 6.45) is 0. The van der Waals surface area contributed by atoms with Crippen LogP contribution in [0.3, 0.4) is 0 Å². The number of hydrogen-bond acceptors (Lipinski definition) is 3. The number of nitrogens with one attached hydrogen (secondary N) is 1. The van der Waals surface area contributed by atoms with Crippen molar-refractivity contribution in [1.29, 1.82) is 0 Å². The van der Waals surface area contributed by atoms with E-state index in [-0.39, 0.29) is 11.4 Å². The Balaban J connectivity index is 3.34. The highest BCUT2D eigenvalue weighted by Gasteiger charge is 1.90. The number of nitrogens with two attached hydrogens (primary N) is 2. The van der Waals surface area contributed by atoms with E-state index in [1.54, 1.807) is 0 Å². The highest BCUT2D eigenvalue weighted by atomic mass is 16.1. The molecule has 4 nitrogen and oxygen atoms in total. The molecule has 0 radical (unpaired) electrons. The van der Waals surface area contributed by atoms with Gasteiger partial charge in [0, 0.05) is 6.07 Å². The van der Waals surface area contributed by atoms with Gasteiger partial charge in [-0.1, -0.05) is 0 Å². The second-order valence-corrected chi connectivity index (χ2v) is 1.69. The molecule has 0 atom stereocenters. The summed E-state index contributed by atoms with van der Waals surface area (Å²) in [4.78, 5) is 12.8. The lowest BCUT2D eigenvalue weighted by Crippen LogP contribution is -2.08. The van der Waals surface area contributed by atoms with E-state index >= 15 is 0 Å². The van der Waals surface area contributed by atoms with Crippen LogP contribution in [0.4, 0.5) is 11.5 Å². The van der Waals surface area contributed by atoms with Gasteiger partial charge in [0.25, 0.3) is 0 Å². The fourth-order valence-corrected chi connectivity index (χ4v) is 0.502. The molecule has 0 unspecified atom stereocenters. The molecule has 9 heavy (non-hydrogen) atoms. The molecule has 0 spiro atoms. The van der Waals surface area contributed by atoms with Gasteiger partial charge in [0.1, 0.15) is 5.82 Å². The molecule has 0 bridgehead atoms. The maximum Gasteiger partial charge on any atom is 0.249 e. The van der Waals surface area contributed by atoms with E-state index in [1.807, 2.05) is 0 Å². The van der Waals surface area contributed by atoms with Crippen LogP contribution >= 0.6 is 0 Å². The topological polar surface area (TPSA) is 84.9 Å². The predicted octanol–water partition coefficient (Wildman–Crippen LogP) is -0.461. The van der Waals surface area contributed by atoms with Crippen LogP contribution in [-0.2, 0) is 0 Å². The lowest BCUT2D eigenvalue weighted by molar-refractivity contribution is 1.25. The van der Waals surface area contributed by atoms with Gasteiger partial charge < -0.3 is 16.5 Å². The molecule has 0 aliphatic heterocycles. The van der Waals surface area contributed by atoms with Crippen LogP contribution < -0.4 is 17.0 Å². The van der Waals surface area contributed by atoms with Gasteiger partial charge in [0.2, 0.25) is 5.56 Å². The first-order valence-electron chi connectivity index (χ1n) is 2.44. The summed E-state index contributed by atoms with van der Waals surface area (Å²) in [6, 6.07) is 2.79. The summed E-state index contributed by atoms with van der Waals surface area (Å²) in [7, 11) is 0. The Bertz CT molecular complexity index is 265. The number of aromatic amines is 1. The van der Waals surface area contributed by atoms with E-state index in [4.69, 9.17) is 11.5 Å². The average molecular weight is 125 g/mol. The molecule has 0 aromatic carbocycles. The van der Waals surface area contributed by atoms with E-state index in [0.717, 1.165) is 0 Å². The number of aromatic nitrogens is 1. The SMILES string of the molecule is Nc1ccc(=O)[nH]c1N. The van der Waals surface area contributed by atoms with Crippen molar-refractivity contribution in [2.45, 2.75) is 0 Å². The van der Waals surface area contributed by atoms with Crippen molar-refractivity contribution in [1.82, 2.24) is 4.98 Å². The van der Waals surface area contributed by atoms with Gasteiger partial charge in [-0.2, -0.15) is 0 Å². The van der Waals surface area contributed by atoms with E-state index in [0.29, 0.717) is 5.69 Å². The van der Waals surface area contributed by atoms with E-state index in [2.05, 4.69) is 4.98 Å². The first kappa shape index (κ1) is 5.68. The molecule has 0 aliphatic carbocycles. The number of H-pyrrole nitrogens is 1. The Morgan fingerprint density at radius 2 is 2.00 bits per heavy atom. The molecule has 0 saturated heterocycles. The largest absolute Gasteiger partial charge is 0.396 e. The molecule has 48 valence electrons. The molecule has 1 rings (SSSR count). The summed E-state index contributed by atoms with van der Waals surface area (Å²) < 4.78 is 0. The summed E-state index contributed by atoms with van der Waals surface area (Å²) in [5.74, 6) is 0.225. The lowest BCUT2D eigenvalue weighted by atomic mass is 10.4. The van der Waals surface area contributed by atoms with Crippen LogP contribution in [0.15, 0.2) is 16.9 Å². The van der Waals surface area contributed by atoms with Crippen LogP contribution in [0.1, 0.15) is 0 Å². The van der Waals surface area contributed by atoms with Gasteiger partial charge >= 0.3 is 0 Å². The Labute approximate surface area is 51.5 Å². The highest BCUT2D eigenvalue weighted by Crippen LogP contribution is 2.03. The summed E-state index contributed by atoms with van der Waals surface area (Å²) in [5.41, 5.74) is 10.7. The molecular formula is C5H7N3O. The molecule has 0 amide bonds. The molecule has 0 aliphatic rings. The normalized spacial score (nSPS) is 9.33. The van der Waals surface area contributed by atoms with E-state index in [1.165, 1.54) is 12.1 Å². The third-order valence-electron chi connectivity index (χ3n) is 0.983. The average Bonchev–Trinajstić information content (AvgIpc) is 1.80. The van der Waals surface area contributed by atoms with Crippen molar-refractivity contribution in [2.24, 2.45) is 0 Å². The summed E-state index contributed by atoms with van der Waals surface area (Å²) in [6.45, 7) is 0. The molecule has 1 heterocycles. The molecule has 0 saturated carbocycles. The number of hydrogen-bond donors (Lipinski definition) is 3. The maximum absolute atomic E-state index is 10.5. The van der Waals surface area contributed by atoms with E-state index in [9.17, 15) is 4.79 Å². The van der Waals surface area contributed by atoms with Crippen LogP contribution in [-0.4, -0.2) is 4.98 Å². The standard InChI is InChI=1S/C5H7N3O/c6-3-1-2-4(9)8-5(3)7/h1-2H,6H2,(H3,7,8,9). The second kappa shape index (κ2) is 1.81. The number of anilines is 2. The van der Waals surface area contributed by atoms with Crippen LogP contribution in [0.25, 0.3) is 0 Å². The van der Waals surface area contributed by atoms with Crippen LogP contribution in [0, 0.1) is 0 Å². The van der Waals surface area contributed by atoms with Gasteiger partial charge in [-0.05, 0) is 6.07 Å². The fourth-order valence-electron chi connectivity index (χ4n) is 0.502. The smallest absolute Gasteiger partial charge is 0.249 e. The second-order valence-electron chi connectivity index (χ2n) is 1.69. The summed E-state index contributed by atoms with van der Waals surface area (Å²) >= 11 is 0. The molecule has 4 heteroatoms. The maximum atomic E-state index is 10.5. The molecule has 5 N–H and O–H groups in total. The number of nitrogen functional groups attached to an aromatic ring is 2. The minimum absolute atomic E-state index is 0.225. The van der Waals surface area contributed by atoms with Crippen molar-refractivity contribution >= 4 is 11.5 Å². The van der Waals surface area contributed by atoms with Gasteiger partial charge in [0.15, 0.2) is 0 Å². The highest BCUT2D eigenvalue weighted by molar-refractivity contribution is 5.56. The Hall–Kier alpha value is -1.45. The Kier molecular flexibility index (Phi) is 1.14.